The zero-order valence-corrected chi connectivity index (χ0v) is 14.0. The van der Waals surface area contributed by atoms with Gasteiger partial charge in [-0.05, 0) is 18.6 Å². The van der Waals surface area contributed by atoms with Crippen LogP contribution in [0.5, 0.6) is 5.75 Å². The Morgan fingerprint density at radius 3 is 2.54 bits per heavy atom. The molecular formula is C17H18N4O5. The number of carbonyl (C=O) groups is 4. The van der Waals surface area contributed by atoms with Gasteiger partial charge in [-0.2, -0.15) is 0 Å². The zero-order valence-electron chi connectivity index (χ0n) is 14.0. The van der Waals surface area contributed by atoms with Crippen molar-refractivity contribution in [3.63, 3.8) is 0 Å². The van der Waals surface area contributed by atoms with E-state index in [0.29, 0.717) is 18.8 Å². The van der Waals surface area contributed by atoms with Crippen LogP contribution in [0.3, 0.4) is 0 Å². The molecule has 3 aliphatic rings. The first-order valence-corrected chi connectivity index (χ1v) is 8.54. The summed E-state index contributed by atoms with van der Waals surface area (Å²) in [5.74, 6) is -1.82. The number of amides is 4. The van der Waals surface area contributed by atoms with Gasteiger partial charge in [0.1, 0.15) is 6.04 Å². The summed E-state index contributed by atoms with van der Waals surface area (Å²) in [6, 6.07) is 3.86. The highest BCUT2D eigenvalue weighted by Gasteiger charge is 2.46. The number of hydroxylamine groups is 2. The van der Waals surface area contributed by atoms with E-state index in [0.717, 1.165) is 18.0 Å². The molecule has 1 atom stereocenters. The highest BCUT2D eigenvalue weighted by molar-refractivity contribution is 6.24. The SMILES string of the molecule is O=C1CCC(N2C(=O)c3cccc(ON4CCNCC4)c3C2=O)C(=O)N1. The fraction of sp³-hybridized carbons (Fsp3) is 0.412. The van der Waals surface area contributed by atoms with Crippen LogP contribution < -0.4 is 15.5 Å². The number of nitrogens with one attached hydrogen (secondary N) is 2. The van der Waals surface area contributed by atoms with Gasteiger partial charge in [0.15, 0.2) is 5.75 Å². The number of carbonyl (C=O) groups excluding carboxylic acids is 4. The summed E-state index contributed by atoms with van der Waals surface area (Å²) in [7, 11) is 0. The third kappa shape index (κ3) is 2.74. The minimum absolute atomic E-state index is 0.0912. The molecule has 0 saturated carbocycles. The molecule has 0 radical (unpaired) electrons. The van der Waals surface area contributed by atoms with E-state index in [1.807, 2.05) is 0 Å². The minimum atomic E-state index is -0.980. The average Bonchev–Trinajstić information content (AvgIpc) is 2.88. The van der Waals surface area contributed by atoms with Gasteiger partial charge >= 0.3 is 0 Å². The van der Waals surface area contributed by atoms with E-state index >= 15 is 0 Å². The number of nitrogens with zero attached hydrogens (tertiary/aromatic N) is 2. The quantitative estimate of drug-likeness (QED) is 0.687. The molecular weight excluding hydrogens is 340 g/mol. The lowest BCUT2D eigenvalue weighted by Crippen LogP contribution is -2.54. The third-order valence-electron chi connectivity index (χ3n) is 4.73. The predicted molar refractivity (Wildman–Crippen MR) is 88.2 cm³/mol. The molecule has 3 heterocycles. The van der Waals surface area contributed by atoms with Crippen molar-refractivity contribution in [1.29, 1.82) is 0 Å². The lowest BCUT2D eigenvalue weighted by Gasteiger charge is -2.28. The van der Waals surface area contributed by atoms with Crippen molar-refractivity contribution >= 4 is 23.6 Å². The normalized spacial score (nSPS) is 23.8. The smallest absolute Gasteiger partial charge is 0.266 e. The molecule has 26 heavy (non-hydrogen) atoms. The number of hydrogen-bond donors (Lipinski definition) is 2. The van der Waals surface area contributed by atoms with E-state index in [9.17, 15) is 19.2 Å². The van der Waals surface area contributed by atoms with Crippen molar-refractivity contribution in [2.24, 2.45) is 0 Å². The van der Waals surface area contributed by atoms with Gasteiger partial charge in [0.05, 0.1) is 11.1 Å². The number of fused-ring (bicyclic) bond motifs is 1. The van der Waals surface area contributed by atoms with Crippen LogP contribution in [0, 0.1) is 0 Å². The Kier molecular flexibility index (Phi) is 4.17. The number of piperazine rings is 1. The standard InChI is InChI=1S/C17H18N4O5/c22-13-5-4-11(15(23)19-13)21-16(24)10-2-1-3-12(14(10)17(21)25)26-20-8-6-18-7-9-20/h1-3,11,18H,4-9H2,(H,19,22,23). The number of rotatable bonds is 3. The molecule has 0 aliphatic carbocycles. The van der Waals surface area contributed by atoms with Crippen LogP contribution in [0.15, 0.2) is 18.2 Å². The molecule has 9 nitrogen and oxygen atoms in total. The van der Waals surface area contributed by atoms with Gasteiger partial charge in [-0.15, -0.1) is 5.06 Å². The number of benzene rings is 1. The van der Waals surface area contributed by atoms with Crippen molar-refractivity contribution in [3.05, 3.63) is 29.3 Å². The topological polar surface area (TPSA) is 108 Å². The summed E-state index contributed by atoms with van der Waals surface area (Å²) < 4.78 is 0. The van der Waals surface area contributed by atoms with Crippen molar-refractivity contribution in [3.8, 4) is 5.75 Å². The molecule has 0 bridgehead atoms. The second-order valence-electron chi connectivity index (χ2n) is 6.40. The van der Waals surface area contributed by atoms with E-state index in [4.69, 9.17) is 4.84 Å². The van der Waals surface area contributed by atoms with Gasteiger partial charge in [-0.3, -0.25) is 29.4 Å². The van der Waals surface area contributed by atoms with Crippen molar-refractivity contribution in [2.75, 3.05) is 26.2 Å². The van der Waals surface area contributed by atoms with Crippen molar-refractivity contribution in [2.45, 2.75) is 18.9 Å². The van der Waals surface area contributed by atoms with E-state index in [1.165, 1.54) is 0 Å². The Bertz CT molecular complexity index is 802. The van der Waals surface area contributed by atoms with Gasteiger partial charge in [0.25, 0.3) is 11.8 Å². The lowest BCUT2D eigenvalue weighted by atomic mass is 10.0. The first-order chi connectivity index (χ1) is 12.6. The molecule has 4 amide bonds. The second kappa shape index (κ2) is 6.50. The summed E-state index contributed by atoms with van der Waals surface area (Å²) in [5.41, 5.74) is 0.382. The van der Waals surface area contributed by atoms with E-state index < -0.39 is 29.7 Å². The van der Waals surface area contributed by atoms with Crippen molar-refractivity contribution in [1.82, 2.24) is 20.6 Å². The monoisotopic (exact) mass is 358 g/mol. The maximum atomic E-state index is 12.9. The third-order valence-corrected chi connectivity index (χ3v) is 4.73. The van der Waals surface area contributed by atoms with Crippen LogP contribution in [0.1, 0.15) is 33.6 Å². The molecule has 0 spiro atoms. The van der Waals surface area contributed by atoms with E-state index in [1.54, 1.807) is 23.3 Å². The Labute approximate surface area is 149 Å². The fourth-order valence-corrected chi connectivity index (χ4v) is 3.43. The molecule has 1 aromatic carbocycles. The Hall–Kier alpha value is -2.78. The summed E-state index contributed by atoms with van der Waals surface area (Å²) in [4.78, 5) is 55.9. The van der Waals surface area contributed by atoms with Crippen LogP contribution in [0.25, 0.3) is 0 Å². The molecule has 3 aliphatic heterocycles. The van der Waals surface area contributed by atoms with Crippen molar-refractivity contribution < 1.29 is 24.0 Å². The molecule has 136 valence electrons. The summed E-state index contributed by atoms with van der Waals surface area (Å²) in [5, 5.41) is 7.12. The van der Waals surface area contributed by atoms with Gasteiger partial charge in [0.2, 0.25) is 11.8 Å². The predicted octanol–water partition coefficient (Wildman–Crippen LogP) is -0.713. The molecule has 1 aromatic rings. The van der Waals surface area contributed by atoms with Gasteiger partial charge in [-0.25, -0.2) is 0 Å². The number of piperidine rings is 1. The summed E-state index contributed by atoms with van der Waals surface area (Å²) >= 11 is 0. The number of hydrogen-bond acceptors (Lipinski definition) is 7. The molecule has 2 fully saturated rings. The largest absolute Gasteiger partial charge is 0.405 e. The van der Waals surface area contributed by atoms with Crippen LogP contribution in [0.4, 0.5) is 0 Å². The Morgan fingerprint density at radius 1 is 1.04 bits per heavy atom. The first-order valence-electron chi connectivity index (χ1n) is 8.54. The van der Waals surface area contributed by atoms with Crippen LogP contribution >= 0.6 is 0 Å². The zero-order chi connectivity index (χ0) is 18.3. The molecule has 1 unspecified atom stereocenters. The lowest BCUT2D eigenvalue weighted by molar-refractivity contribution is -0.136. The second-order valence-corrected chi connectivity index (χ2v) is 6.40. The number of imide groups is 2. The van der Waals surface area contributed by atoms with Gasteiger partial charge in [-0.1, -0.05) is 6.07 Å². The molecule has 2 N–H and O–H groups in total. The molecule has 0 aromatic heterocycles. The Morgan fingerprint density at radius 2 is 1.81 bits per heavy atom. The first kappa shape index (κ1) is 16.7. The van der Waals surface area contributed by atoms with Crippen LogP contribution in [-0.2, 0) is 9.59 Å². The maximum absolute atomic E-state index is 12.9. The van der Waals surface area contributed by atoms with Crippen LogP contribution in [-0.4, -0.2) is 65.8 Å². The Balaban J connectivity index is 1.62. The minimum Gasteiger partial charge on any atom is -0.405 e. The maximum Gasteiger partial charge on any atom is 0.266 e. The van der Waals surface area contributed by atoms with Gasteiger partial charge < -0.3 is 10.2 Å². The molecule has 9 heteroatoms. The highest BCUT2D eigenvalue weighted by Crippen LogP contribution is 2.33. The van der Waals surface area contributed by atoms with Gasteiger partial charge in [0, 0.05) is 32.6 Å². The average molecular weight is 358 g/mol. The summed E-state index contributed by atoms with van der Waals surface area (Å²) in [6.07, 6.45) is 0.220. The molecule has 2 saturated heterocycles. The van der Waals surface area contributed by atoms with Crippen LogP contribution in [0.2, 0.25) is 0 Å². The van der Waals surface area contributed by atoms with E-state index in [-0.39, 0.29) is 24.0 Å². The fourth-order valence-electron chi connectivity index (χ4n) is 3.43. The highest BCUT2D eigenvalue weighted by atomic mass is 16.7. The van der Waals surface area contributed by atoms with E-state index in [2.05, 4.69) is 10.6 Å². The molecule has 4 rings (SSSR count). The summed E-state index contributed by atoms with van der Waals surface area (Å²) in [6.45, 7) is 2.85.